The summed E-state index contributed by atoms with van der Waals surface area (Å²) in [7, 11) is 1.73. The van der Waals surface area contributed by atoms with E-state index < -0.39 is 47.7 Å². The predicted octanol–water partition coefficient (Wildman–Crippen LogP) is 8.94. The minimum Gasteiger partial charge on any atom is -0.484 e. The summed E-state index contributed by atoms with van der Waals surface area (Å²) in [6, 6.07) is 16.6. The number of nitrogens with one attached hydrogen (secondary N) is 1. The molecule has 6 rings (SSSR count). The third kappa shape index (κ3) is 9.35. The van der Waals surface area contributed by atoms with E-state index >= 15 is 0 Å². The maximum absolute atomic E-state index is 13.7. The summed E-state index contributed by atoms with van der Waals surface area (Å²) in [4.78, 5) is 34.4. The Morgan fingerprint density at radius 1 is 0.839 bits per heavy atom. The van der Waals surface area contributed by atoms with E-state index in [1.165, 1.54) is 24.3 Å². The Morgan fingerprint density at radius 3 is 2.18 bits per heavy atom. The largest absolute Gasteiger partial charge is 0.484 e. The number of hydrogen-bond donors (Lipinski definition) is 1. The van der Waals surface area contributed by atoms with Crippen molar-refractivity contribution < 1.29 is 58.6 Å². The summed E-state index contributed by atoms with van der Waals surface area (Å²) in [6.45, 7) is 2.62. The summed E-state index contributed by atoms with van der Waals surface area (Å²) < 4.78 is 129. The van der Waals surface area contributed by atoms with Crippen LogP contribution in [0, 0.1) is 0 Å². The number of ether oxygens (including phenoxy) is 2. The van der Waals surface area contributed by atoms with Crippen molar-refractivity contribution in [2.45, 2.75) is 38.0 Å². The Balaban J connectivity index is 1.07. The topological polar surface area (TPSA) is 88.9 Å². The first-order chi connectivity index (χ1) is 26.2. The maximum Gasteiger partial charge on any atom is 0.422 e. The fourth-order valence-corrected chi connectivity index (χ4v) is 6.23. The molecule has 2 amide bonds. The standard InChI is InChI=1S/C38H32F9N5O4/c1-22-19-52(14-13-51(22)20-23-3-8-27(9-4-23)55-21-36(39,40)41)35(54)32-15-24-5-10-28(17-31(24)50(32)2)56-33-12-7-26(18-48-33)49-34(53)29-11-6-25(37(42,43)44)16-30(29)38(45,46)47/h3-12,15-18,22H,13-14,19-21H2,1-2H3,(H,49,53). The molecule has 56 heavy (non-hydrogen) atoms. The van der Waals surface area contributed by atoms with Gasteiger partial charge in [-0.1, -0.05) is 12.1 Å². The van der Waals surface area contributed by atoms with Gasteiger partial charge in [-0.05, 0) is 67.1 Å². The van der Waals surface area contributed by atoms with E-state index in [9.17, 15) is 49.1 Å². The lowest BCUT2D eigenvalue weighted by Crippen LogP contribution is -2.53. The molecule has 1 atom stereocenters. The molecule has 1 aliphatic rings. The molecular formula is C38H32F9N5O4. The number of halogens is 9. The second-order valence-electron chi connectivity index (χ2n) is 13.1. The van der Waals surface area contributed by atoms with Gasteiger partial charge in [-0.2, -0.15) is 39.5 Å². The maximum atomic E-state index is 13.7. The summed E-state index contributed by atoms with van der Waals surface area (Å²) in [5, 5.41) is 2.96. The fraction of sp³-hybridized carbons (Fsp3) is 0.289. The van der Waals surface area contributed by atoms with E-state index in [-0.39, 0.29) is 35.3 Å². The van der Waals surface area contributed by atoms with Crippen LogP contribution in [0.1, 0.15) is 44.5 Å². The Morgan fingerprint density at radius 2 is 1.55 bits per heavy atom. The van der Waals surface area contributed by atoms with Crippen molar-refractivity contribution in [1.29, 1.82) is 0 Å². The van der Waals surface area contributed by atoms with Crippen molar-refractivity contribution in [3.05, 3.63) is 113 Å². The lowest BCUT2D eigenvalue weighted by atomic mass is 10.0. The molecule has 1 fully saturated rings. The summed E-state index contributed by atoms with van der Waals surface area (Å²) in [5.41, 5.74) is -2.34. The molecule has 18 heteroatoms. The van der Waals surface area contributed by atoms with Gasteiger partial charge in [0.25, 0.3) is 11.8 Å². The molecule has 296 valence electrons. The molecule has 1 N–H and O–H groups in total. The van der Waals surface area contributed by atoms with Gasteiger partial charge in [-0.25, -0.2) is 4.98 Å². The first-order valence-corrected chi connectivity index (χ1v) is 16.9. The van der Waals surface area contributed by atoms with Crippen molar-refractivity contribution in [3.63, 3.8) is 0 Å². The number of anilines is 1. The number of alkyl halides is 9. The van der Waals surface area contributed by atoms with Crippen LogP contribution in [0.15, 0.2) is 85.1 Å². The van der Waals surface area contributed by atoms with Crippen LogP contribution in [0.25, 0.3) is 10.9 Å². The summed E-state index contributed by atoms with van der Waals surface area (Å²) >= 11 is 0. The molecule has 3 heterocycles. The second-order valence-corrected chi connectivity index (χ2v) is 13.1. The Labute approximate surface area is 313 Å². The molecule has 0 radical (unpaired) electrons. The first kappa shape index (κ1) is 39.9. The fourth-order valence-electron chi connectivity index (χ4n) is 6.23. The van der Waals surface area contributed by atoms with E-state index in [4.69, 9.17) is 9.47 Å². The van der Waals surface area contributed by atoms with Crippen LogP contribution >= 0.6 is 0 Å². The molecule has 0 aliphatic carbocycles. The molecule has 0 bridgehead atoms. The lowest BCUT2D eigenvalue weighted by molar-refractivity contribution is -0.153. The SMILES string of the molecule is CC1CN(C(=O)c2cc3ccc(Oc4ccc(NC(=O)c5ccc(C(F)(F)F)cc5C(F)(F)F)cn4)cc3n2C)CCN1Cc1ccc(OCC(F)(F)F)cc1. The zero-order valence-corrected chi connectivity index (χ0v) is 29.5. The van der Waals surface area contributed by atoms with Crippen LogP contribution in [0.2, 0.25) is 0 Å². The number of aryl methyl sites for hydroxylation is 1. The van der Waals surface area contributed by atoms with Gasteiger partial charge in [-0.3, -0.25) is 14.5 Å². The van der Waals surface area contributed by atoms with Gasteiger partial charge in [0.1, 0.15) is 17.2 Å². The molecule has 0 spiro atoms. The highest BCUT2D eigenvalue weighted by molar-refractivity contribution is 6.05. The number of piperazine rings is 1. The van der Waals surface area contributed by atoms with Gasteiger partial charge in [0.05, 0.1) is 34.1 Å². The number of benzene rings is 3. The lowest BCUT2D eigenvalue weighted by Gasteiger charge is -2.40. The third-order valence-corrected chi connectivity index (χ3v) is 9.11. The molecule has 1 aliphatic heterocycles. The van der Waals surface area contributed by atoms with Crippen LogP contribution in [0.5, 0.6) is 17.4 Å². The normalized spacial score (nSPS) is 15.6. The van der Waals surface area contributed by atoms with Gasteiger partial charge in [0.15, 0.2) is 6.61 Å². The Bertz CT molecular complexity index is 2220. The number of fused-ring (bicyclic) bond motifs is 1. The third-order valence-electron chi connectivity index (χ3n) is 9.11. The highest BCUT2D eigenvalue weighted by Gasteiger charge is 2.39. The predicted molar refractivity (Wildman–Crippen MR) is 185 cm³/mol. The van der Waals surface area contributed by atoms with Crippen molar-refractivity contribution >= 4 is 28.4 Å². The highest BCUT2D eigenvalue weighted by atomic mass is 19.4. The zero-order chi connectivity index (χ0) is 40.6. The van der Waals surface area contributed by atoms with Gasteiger partial charge >= 0.3 is 18.5 Å². The van der Waals surface area contributed by atoms with Crippen LogP contribution in [0.4, 0.5) is 45.2 Å². The molecule has 1 unspecified atom stereocenters. The number of carbonyl (C=O) groups excluding carboxylic acids is 2. The van der Waals surface area contributed by atoms with E-state index in [0.29, 0.717) is 55.3 Å². The van der Waals surface area contributed by atoms with Gasteiger partial charge < -0.3 is 24.3 Å². The van der Waals surface area contributed by atoms with Crippen LogP contribution < -0.4 is 14.8 Å². The van der Waals surface area contributed by atoms with Gasteiger partial charge in [0.2, 0.25) is 5.88 Å². The molecule has 3 aromatic carbocycles. The average Bonchev–Trinajstić information content (AvgIpc) is 3.46. The molecule has 0 saturated carbocycles. The number of carbonyl (C=O) groups is 2. The number of pyridine rings is 1. The first-order valence-electron chi connectivity index (χ1n) is 16.9. The molecule has 9 nitrogen and oxygen atoms in total. The van der Waals surface area contributed by atoms with Crippen LogP contribution in [-0.4, -0.2) is 69.6 Å². The van der Waals surface area contributed by atoms with Crippen LogP contribution in [0.3, 0.4) is 0 Å². The Hall–Kier alpha value is -5.78. The van der Waals surface area contributed by atoms with Gasteiger partial charge in [-0.15, -0.1) is 0 Å². The van der Waals surface area contributed by atoms with E-state index in [1.54, 1.807) is 52.9 Å². The minimum absolute atomic E-state index is 0.0158. The van der Waals surface area contributed by atoms with Crippen LogP contribution in [-0.2, 0) is 25.9 Å². The number of hydrogen-bond acceptors (Lipinski definition) is 6. The number of aromatic nitrogens is 2. The molecule has 1 saturated heterocycles. The van der Waals surface area contributed by atoms with Crippen molar-refractivity contribution in [1.82, 2.24) is 19.4 Å². The van der Waals surface area contributed by atoms with Crippen molar-refractivity contribution in [3.8, 4) is 17.4 Å². The van der Waals surface area contributed by atoms with Gasteiger partial charge in [0, 0.05) is 56.8 Å². The summed E-state index contributed by atoms with van der Waals surface area (Å²) in [5.74, 6) is -0.959. The quantitative estimate of drug-likeness (QED) is 0.150. The zero-order valence-electron chi connectivity index (χ0n) is 29.5. The molecule has 5 aromatic rings. The smallest absolute Gasteiger partial charge is 0.422 e. The Kier molecular flexibility index (Phi) is 11.0. The molecule has 2 aromatic heterocycles. The number of nitrogens with zero attached hydrogens (tertiary/aromatic N) is 4. The summed E-state index contributed by atoms with van der Waals surface area (Å²) in [6.07, 6.45) is -13.6. The molecular weight excluding hydrogens is 761 g/mol. The van der Waals surface area contributed by atoms with Crippen molar-refractivity contribution in [2.75, 3.05) is 31.6 Å². The number of amides is 2. The monoisotopic (exact) mass is 793 g/mol. The highest BCUT2D eigenvalue weighted by Crippen LogP contribution is 2.38. The van der Waals surface area contributed by atoms with E-state index in [2.05, 4.69) is 15.2 Å². The minimum atomic E-state index is -5.23. The average molecular weight is 794 g/mol. The number of rotatable bonds is 9. The second kappa shape index (κ2) is 15.4. The van der Waals surface area contributed by atoms with Crippen molar-refractivity contribution in [2.24, 2.45) is 7.05 Å². The van der Waals surface area contributed by atoms with E-state index in [0.717, 1.165) is 17.1 Å². The van der Waals surface area contributed by atoms with E-state index in [1.807, 2.05) is 6.92 Å².